The quantitative estimate of drug-likeness (QED) is 0.165. The number of hydrogen-bond acceptors (Lipinski definition) is 0. The van der Waals surface area contributed by atoms with E-state index in [1.807, 2.05) is 0 Å². The van der Waals surface area contributed by atoms with Crippen LogP contribution >= 0.6 is 0 Å². The van der Waals surface area contributed by atoms with Crippen LogP contribution in [0.5, 0.6) is 0 Å². The van der Waals surface area contributed by atoms with Crippen LogP contribution in [0.2, 0.25) is 0 Å². The SMILES string of the molecule is CC(C)(C)c1ccc2c(c1)C(C)(C)c1cc(C(C)(C)C)ccc1-2.CC(C)(C)c1ccc2c3ccc(C(C)(C)C)cc3n(-c3ccccc3)c2c1. The number of benzene rings is 5. The second kappa shape index (κ2) is 12.0. The van der Waals surface area contributed by atoms with Crippen molar-refractivity contribution in [2.75, 3.05) is 0 Å². The van der Waals surface area contributed by atoms with Gasteiger partial charge < -0.3 is 4.57 Å². The summed E-state index contributed by atoms with van der Waals surface area (Å²) in [6.45, 7) is 32.2. The lowest BCUT2D eigenvalue weighted by atomic mass is 9.77. The fourth-order valence-corrected chi connectivity index (χ4v) is 7.48. The van der Waals surface area contributed by atoms with Gasteiger partial charge in [0.25, 0.3) is 0 Å². The lowest BCUT2D eigenvalue weighted by molar-refractivity contribution is 0.580. The molecule has 50 heavy (non-hydrogen) atoms. The maximum absolute atomic E-state index is 2.44. The van der Waals surface area contributed by atoms with E-state index in [-0.39, 0.29) is 27.1 Å². The molecule has 0 aliphatic heterocycles. The van der Waals surface area contributed by atoms with Gasteiger partial charge in [0, 0.05) is 21.9 Å². The minimum atomic E-state index is 0.0766. The van der Waals surface area contributed by atoms with Gasteiger partial charge in [0.05, 0.1) is 11.0 Å². The van der Waals surface area contributed by atoms with Crippen molar-refractivity contribution in [3.63, 3.8) is 0 Å². The summed E-state index contributed by atoms with van der Waals surface area (Å²) < 4.78 is 2.43. The summed E-state index contributed by atoms with van der Waals surface area (Å²) in [7, 11) is 0. The van der Waals surface area contributed by atoms with Gasteiger partial charge in [-0.3, -0.25) is 0 Å². The Bertz CT molecular complexity index is 2060. The summed E-state index contributed by atoms with van der Waals surface area (Å²) in [6.07, 6.45) is 0. The Morgan fingerprint density at radius 3 is 1.10 bits per heavy atom. The van der Waals surface area contributed by atoms with Crippen LogP contribution in [0.4, 0.5) is 0 Å². The second-order valence-corrected chi connectivity index (χ2v) is 19.3. The Labute approximate surface area is 302 Å². The van der Waals surface area contributed by atoms with E-state index in [9.17, 15) is 0 Å². The minimum Gasteiger partial charge on any atom is -0.309 e. The van der Waals surface area contributed by atoms with Gasteiger partial charge in [-0.25, -0.2) is 0 Å². The number of hydrogen-bond donors (Lipinski definition) is 0. The molecule has 0 spiro atoms. The summed E-state index contributed by atoms with van der Waals surface area (Å²) in [4.78, 5) is 0. The maximum Gasteiger partial charge on any atom is 0.0544 e. The Balaban J connectivity index is 0.000000175. The van der Waals surface area contributed by atoms with E-state index in [0.29, 0.717) is 0 Å². The normalized spacial score (nSPS) is 14.4. The van der Waals surface area contributed by atoms with Crippen LogP contribution in [0.3, 0.4) is 0 Å². The van der Waals surface area contributed by atoms with Gasteiger partial charge in [-0.2, -0.15) is 0 Å². The molecule has 1 heterocycles. The molecule has 0 unspecified atom stereocenters. The average Bonchev–Trinajstić information content (AvgIpc) is 3.47. The van der Waals surface area contributed by atoms with Crippen molar-refractivity contribution in [2.24, 2.45) is 0 Å². The van der Waals surface area contributed by atoms with Crippen molar-refractivity contribution >= 4 is 21.8 Å². The molecule has 1 aromatic heterocycles. The lowest BCUT2D eigenvalue weighted by Gasteiger charge is -2.26. The number of aromatic nitrogens is 1. The number of nitrogens with zero attached hydrogens (tertiary/aromatic N) is 1. The van der Waals surface area contributed by atoms with E-state index in [4.69, 9.17) is 0 Å². The van der Waals surface area contributed by atoms with E-state index >= 15 is 0 Å². The Morgan fingerprint density at radius 2 is 0.740 bits per heavy atom. The molecule has 0 N–H and O–H groups in total. The molecule has 1 aliphatic rings. The molecule has 7 rings (SSSR count). The zero-order chi connectivity index (χ0) is 36.6. The van der Waals surface area contributed by atoms with Crippen LogP contribution in [-0.4, -0.2) is 4.57 Å². The fraction of sp³-hybridized carbons (Fsp3) is 0.388. The van der Waals surface area contributed by atoms with Gasteiger partial charge in [-0.1, -0.05) is 176 Å². The highest BCUT2D eigenvalue weighted by atomic mass is 15.0. The first-order valence-corrected chi connectivity index (χ1v) is 18.5. The fourth-order valence-electron chi connectivity index (χ4n) is 7.48. The van der Waals surface area contributed by atoms with Crippen molar-refractivity contribution in [3.05, 3.63) is 137 Å². The predicted molar refractivity (Wildman–Crippen MR) is 220 cm³/mol. The summed E-state index contributed by atoms with van der Waals surface area (Å²) in [6, 6.07) is 38.8. The minimum absolute atomic E-state index is 0.0766. The van der Waals surface area contributed by atoms with E-state index < -0.39 is 0 Å². The van der Waals surface area contributed by atoms with Crippen molar-refractivity contribution in [1.29, 1.82) is 0 Å². The molecule has 5 aromatic carbocycles. The Morgan fingerprint density at radius 1 is 0.400 bits per heavy atom. The molecule has 6 aromatic rings. The number of rotatable bonds is 1. The molecule has 0 saturated carbocycles. The van der Waals surface area contributed by atoms with E-state index in [1.165, 1.54) is 72.0 Å². The number of fused-ring (bicyclic) bond motifs is 6. The Hall–Kier alpha value is -4.10. The largest absolute Gasteiger partial charge is 0.309 e. The van der Waals surface area contributed by atoms with E-state index in [1.54, 1.807) is 0 Å². The third kappa shape index (κ3) is 6.45. The van der Waals surface area contributed by atoms with Crippen molar-refractivity contribution in [2.45, 2.75) is 124 Å². The zero-order valence-corrected chi connectivity index (χ0v) is 33.3. The molecule has 0 radical (unpaired) electrons. The van der Waals surface area contributed by atoms with Gasteiger partial charge >= 0.3 is 0 Å². The van der Waals surface area contributed by atoms with Gasteiger partial charge in [0.2, 0.25) is 0 Å². The topological polar surface area (TPSA) is 4.93 Å². The second-order valence-electron chi connectivity index (χ2n) is 19.3. The van der Waals surface area contributed by atoms with E-state index in [0.717, 1.165) is 0 Å². The third-order valence-electron chi connectivity index (χ3n) is 10.9. The average molecular weight is 662 g/mol. The first-order valence-electron chi connectivity index (χ1n) is 18.5. The Kier molecular flexibility index (Phi) is 8.58. The molecule has 0 saturated heterocycles. The van der Waals surface area contributed by atoms with Crippen molar-refractivity contribution in [1.82, 2.24) is 4.57 Å². The molecule has 0 bridgehead atoms. The third-order valence-corrected chi connectivity index (χ3v) is 10.9. The smallest absolute Gasteiger partial charge is 0.0544 e. The van der Waals surface area contributed by atoms with Crippen LogP contribution in [0, 0.1) is 0 Å². The zero-order valence-electron chi connectivity index (χ0n) is 33.3. The van der Waals surface area contributed by atoms with Crippen molar-refractivity contribution in [3.8, 4) is 16.8 Å². The van der Waals surface area contributed by atoms with Gasteiger partial charge in [-0.15, -0.1) is 0 Å². The summed E-state index contributed by atoms with van der Waals surface area (Å²) >= 11 is 0. The molecule has 0 atom stereocenters. The summed E-state index contributed by atoms with van der Waals surface area (Å²) in [5.74, 6) is 0. The van der Waals surface area contributed by atoms with Gasteiger partial charge in [0.15, 0.2) is 0 Å². The molecule has 1 nitrogen and oxygen atoms in total. The molecular formula is C49H59N. The molecule has 0 amide bonds. The predicted octanol–water partition coefficient (Wildman–Crippen LogP) is 14.0. The van der Waals surface area contributed by atoms with Gasteiger partial charge in [-0.05, 0) is 90.4 Å². The standard InChI is InChI=1S/C26H29N.C23H30/c1-25(2,3)18-12-14-21-22-15-13-19(26(4,5)6)17-24(22)27(23(21)16-18)20-10-8-7-9-11-20;1-21(2,3)15-9-11-17-18-12-10-16(22(4,5)6)14-20(18)23(7,8)19(17)13-15/h7-17H,1-6H3;9-14H,1-8H3. The highest BCUT2D eigenvalue weighted by Gasteiger charge is 2.37. The number of para-hydroxylation sites is 1. The molecule has 1 aliphatic carbocycles. The first-order chi connectivity index (χ1) is 23.1. The van der Waals surface area contributed by atoms with Crippen molar-refractivity contribution < 1.29 is 0 Å². The maximum atomic E-state index is 2.44. The molecular weight excluding hydrogens is 603 g/mol. The van der Waals surface area contributed by atoms with Crippen LogP contribution in [0.15, 0.2) is 103 Å². The lowest BCUT2D eigenvalue weighted by Crippen LogP contribution is -2.19. The summed E-state index contributed by atoms with van der Waals surface area (Å²) in [5.41, 5.74) is 15.9. The van der Waals surface area contributed by atoms with Gasteiger partial charge in [0.1, 0.15) is 0 Å². The van der Waals surface area contributed by atoms with Crippen LogP contribution in [-0.2, 0) is 27.1 Å². The van der Waals surface area contributed by atoms with Crippen LogP contribution in [0.1, 0.15) is 130 Å². The highest BCUT2D eigenvalue weighted by Crippen LogP contribution is 2.50. The molecule has 1 heteroatoms. The highest BCUT2D eigenvalue weighted by molar-refractivity contribution is 6.09. The molecule has 260 valence electrons. The van der Waals surface area contributed by atoms with E-state index in [2.05, 4.69) is 205 Å². The summed E-state index contributed by atoms with van der Waals surface area (Å²) in [5, 5.41) is 2.64. The van der Waals surface area contributed by atoms with Crippen LogP contribution in [0.25, 0.3) is 38.6 Å². The first kappa shape index (κ1) is 35.7. The van der Waals surface area contributed by atoms with Crippen LogP contribution < -0.4 is 0 Å². The monoisotopic (exact) mass is 661 g/mol. The molecule has 0 fully saturated rings.